The summed E-state index contributed by atoms with van der Waals surface area (Å²) in [4.78, 5) is 14.1. The van der Waals surface area contributed by atoms with Crippen molar-refractivity contribution < 1.29 is 18.0 Å². The van der Waals surface area contributed by atoms with Crippen LogP contribution >= 0.6 is 11.6 Å². The topological polar surface area (TPSA) is 46.3 Å². The van der Waals surface area contributed by atoms with Crippen molar-refractivity contribution in [1.82, 2.24) is 4.90 Å². The highest BCUT2D eigenvalue weighted by atomic mass is 35.5. The average Bonchev–Trinajstić information content (AvgIpc) is 2.83. The number of primary amides is 1. The SMILES string of the molecule is NC(=O)c1ccccc1CC1(c2cccc(Cl)c2)CCN(C=Cc2ccccc2C(F)(F)F)CC1. The van der Waals surface area contributed by atoms with E-state index >= 15 is 0 Å². The molecule has 1 amide bonds. The lowest BCUT2D eigenvalue weighted by molar-refractivity contribution is -0.137. The summed E-state index contributed by atoms with van der Waals surface area (Å²) in [6, 6.07) is 20.7. The third-order valence-electron chi connectivity index (χ3n) is 6.73. The second-order valence-electron chi connectivity index (χ2n) is 8.93. The highest BCUT2D eigenvalue weighted by Crippen LogP contribution is 2.40. The fourth-order valence-corrected chi connectivity index (χ4v) is 5.04. The molecule has 0 saturated carbocycles. The van der Waals surface area contributed by atoms with Gasteiger partial charge in [-0.2, -0.15) is 13.2 Å². The van der Waals surface area contributed by atoms with Crippen LogP contribution in [0.3, 0.4) is 0 Å². The lowest BCUT2D eigenvalue weighted by Crippen LogP contribution is -2.42. The second kappa shape index (κ2) is 10.2. The molecule has 7 heteroatoms. The van der Waals surface area contributed by atoms with Gasteiger partial charge in [-0.3, -0.25) is 4.79 Å². The molecule has 1 heterocycles. The largest absolute Gasteiger partial charge is 0.416 e. The first-order valence-electron chi connectivity index (χ1n) is 11.4. The van der Waals surface area contributed by atoms with Crippen LogP contribution in [0.25, 0.3) is 6.08 Å². The van der Waals surface area contributed by atoms with Crippen molar-refractivity contribution in [2.24, 2.45) is 5.73 Å². The monoisotopic (exact) mass is 498 g/mol. The Balaban J connectivity index is 1.59. The minimum atomic E-state index is -4.40. The molecule has 3 nitrogen and oxygen atoms in total. The fourth-order valence-electron chi connectivity index (χ4n) is 4.85. The van der Waals surface area contributed by atoms with Gasteiger partial charge in [-0.25, -0.2) is 0 Å². The molecule has 1 fully saturated rings. The molecule has 0 unspecified atom stereocenters. The molecule has 182 valence electrons. The summed E-state index contributed by atoms with van der Waals surface area (Å²) < 4.78 is 40.0. The van der Waals surface area contributed by atoms with Gasteiger partial charge in [-0.1, -0.05) is 60.1 Å². The highest BCUT2D eigenvalue weighted by molar-refractivity contribution is 6.30. The standard InChI is InChI=1S/C28H26ClF3N2O/c29-23-9-5-8-22(18-23)27(19-21-7-1-3-10-24(21)26(33)35)13-16-34(17-14-27)15-12-20-6-2-4-11-25(20)28(30,31)32/h1-12,15,18H,13-14,16-17,19H2,(H2,33,35). The Hall–Kier alpha value is -3.25. The molecule has 4 rings (SSSR count). The first kappa shape index (κ1) is 24.9. The van der Waals surface area contributed by atoms with E-state index in [0.717, 1.165) is 30.0 Å². The van der Waals surface area contributed by atoms with E-state index < -0.39 is 17.6 Å². The zero-order valence-corrected chi connectivity index (χ0v) is 19.8. The predicted octanol–water partition coefficient (Wildman–Crippen LogP) is 6.70. The maximum Gasteiger partial charge on any atom is 0.416 e. The summed E-state index contributed by atoms with van der Waals surface area (Å²) in [7, 11) is 0. The van der Waals surface area contributed by atoms with E-state index in [9.17, 15) is 18.0 Å². The number of likely N-dealkylation sites (tertiary alicyclic amines) is 1. The van der Waals surface area contributed by atoms with E-state index in [1.807, 2.05) is 41.3 Å². The number of piperidine rings is 1. The van der Waals surface area contributed by atoms with E-state index in [0.29, 0.717) is 30.1 Å². The molecule has 0 radical (unpaired) electrons. The van der Waals surface area contributed by atoms with Gasteiger partial charge in [0.2, 0.25) is 5.91 Å². The minimum Gasteiger partial charge on any atom is -0.377 e. The highest BCUT2D eigenvalue weighted by Gasteiger charge is 2.37. The van der Waals surface area contributed by atoms with Crippen LogP contribution in [0.5, 0.6) is 0 Å². The van der Waals surface area contributed by atoms with E-state index in [1.54, 1.807) is 24.4 Å². The Labute approximate surface area is 208 Å². The van der Waals surface area contributed by atoms with Gasteiger partial charge in [0.05, 0.1) is 5.56 Å². The number of carbonyl (C=O) groups excluding carboxylic acids is 1. The summed E-state index contributed by atoms with van der Waals surface area (Å²) in [5, 5.41) is 0.635. The number of alkyl halides is 3. The zero-order chi connectivity index (χ0) is 25.1. The Morgan fingerprint density at radius 1 is 1.00 bits per heavy atom. The maximum atomic E-state index is 13.3. The number of nitrogens with two attached hydrogens (primary N) is 1. The number of hydrogen-bond acceptors (Lipinski definition) is 2. The number of benzene rings is 3. The van der Waals surface area contributed by atoms with Gasteiger partial charge < -0.3 is 10.6 Å². The van der Waals surface area contributed by atoms with Crippen molar-refractivity contribution in [2.45, 2.75) is 30.9 Å². The minimum absolute atomic E-state index is 0.141. The number of halogens is 4. The van der Waals surface area contributed by atoms with Crippen LogP contribution in [-0.4, -0.2) is 23.9 Å². The van der Waals surface area contributed by atoms with Gasteiger partial charge in [0.25, 0.3) is 0 Å². The smallest absolute Gasteiger partial charge is 0.377 e. The quantitative estimate of drug-likeness (QED) is 0.411. The van der Waals surface area contributed by atoms with Crippen molar-refractivity contribution in [1.29, 1.82) is 0 Å². The number of rotatable bonds is 6. The van der Waals surface area contributed by atoms with Crippen molar-refractivity contribution >= 4 is 23.6 Å². The molecule has 1 aliphatic heterocycles. The number of hydrogen-bond donors (Lipinski definition) is 1. The first-order valence-corrected chi connectivity index (χ1v) is 11.8. The lowest BCUT2D eigenvalue weighted by atomic mass is 9.68. The first-order chi connectivity index (χ1) is 16.7. The number of carbonyl (C=O) groups is 1. The Morgan fingerprint density at radius 3 is 2.37 bits per heavy atom. The van der Waals surface area contributed by atoms with Gasteiger partial charge in [0.1, 0.15) is 0 Å². The van der Waals surface area contributed by atoms with Crippen molar-refractivity contribution in [3.63, 3.8) is 0 Å². The van der Waals surface area contributed by atoms with E-state index in [2.05, 4.69) is 0 Å². The summed E-state index contributed by atoms with van der Waals surface area (Å²) in [6.07, 6.45) is 0.956. The number of amides is 1. The number of nitrogens with zero attached hydrogens (tertiary/aromatic N) is 1. The zero-order valence-electron chi connectivity index (χ0n) is 19.1. The van der Waals surface area contributed by atoms with Gasteiger partial charge in [0.15, 0.2) is 0 Å². The molecule has 0 atom stereocenters. The van der Waals surface area contributed by atoms with Crippen LogP contribution < -0.4 is 5.73 Å². The van der Waals surface area contributed by atoms with Crippen molar-refractivity contribution in [2.75, 3.05) is 13.1 Å². The van der Waals surface area contributed by atoms with Gasteiger partial charge >= 0.3 is 6.18 Å². The lowest BCUT2D eigenvalue weighted by Gasteiger charge is -2.42. The Bertz CT molecular complexity index is 1230. The van der Waals surface area contributed by atoms with Crippen LogP contribution in [0.2, 0.25) is 5.02 Å². The Kier molecular flexibility index (Phi) is 7.22. The molecule has 1 saturated heterocycles. The van der Waals surface area contributed by atoms with Crippen LogP contribution in [0.4, 0.5) is 13.2 Å². The molecule has 0 aliphatic carbocycles. The molecule has 2 N–H and O–H groups in total. The molecule has 1 aliphatic rings. The van der Waals surface area contributed by atoms with Crippen LogP contribution in [-0.2, 0) is 18.0 Å². The van der Waals surface area contributed by atoms with Gasteiger partial charge in [-0.05, 0) is 72.5 Å². The van der Waals surface area contributed by atoms with Crippen molar-refractivity contribution in [3.05, 3.63) is 112 Å². The van der Waals surface area contributed by atoms with E-state index in [-0.39, 0.29) is 11.0 Å². The summed E-state index contributed by atoms with van der Waals surface area (Å²) in [6.45, 7) is 1.30. The molecular weight excluding hydrogens is 473 g/mol. The average molecular weight is 499 g/mol. The molecule has 0 bridgehead atoms. The van der Waals surface area contributed by atoms with Crippen molar-refractivity contribution in [3.8, 4) is 0 Å². The van der Waals surface area contributed by atoms with Gasteiger partial charge in [-0.15, -0.1) is 0 Å². The second-order valence-corrected chi connectivity index (χ2v) is 9.36. The van der Waals surface area contributed by atoms with Gasteiger partial charge in [0, 0.05) is 29.1 Å². The third kappa shape index (κ3) is 5.70. The summed E-state index contributed by atoms with van der Waals surface area (Å²) in [5.74, 6) is -0.467. The fraction of sp³-hybridized carbons (Fsp3) is 0.250. The third-order valence-corrected chi connectivity index (χ3v) is 6.97. The van der Waals surface area contributed by atoms with Crippen LogP contribution in [0, 0.1) is 0 Å². The Morgan fingerprint density at radius 2 is 1.69 bits per heavy atom. The predicted molar refractivity (Wildman–Crippen MR) is 133 cm³/mol. The molecule has 0 aromatic heterocycles. The van der Waals surface area contributed by atoms with Crippen LogP contribution in [0.1, 0.15) is 45.5 Å². The molecule has 0 spiro atoms. The summed E-state index contributed by atoms with van der Waals surface area (Å²) in [5.41, 5.74) is 7.29. The molecule has 3 aromatic carbocycles. The maximum absolute atomic E-state index is 13.3. The normalized spacial score (nSPS) is 15.9. The molecular formula is C28H26ClF3N2O. The van der Waals surface area contributed by atoms with Crippen LogP contribution in [0.15, 0.2) is 79.0 Å². The van der Waals surface area contributed by atoms with E-state index in [1.165, 1.54) is 18.2 Å². The van der Waals surface area contributed by atoms with E-state index in [4.69, 9.17) is 17.3 Å². The molecule has 35 heavy (non-hydrogen) atoms. The molecule has 3 aromatic rings. The summed E-state index contributed by atoms with van der Waals surface area (Å²) >= 11 is 6.32.